The predicted octanol–water partition coefficient (Wildman–Crippen LogP) is 3.20. The molecule has 0 spiro atoms. The SMILES string of the molecule is CCC(CC)(CN)C(=O)Nc1ccc(NC(=O)CCN2CCCCC2)cc1. The van der Waals surface area contributed by atoms with Crippen LogP contribution in [0.1, 0.15) is 52.4 Å². The van der Waals surface area contributed by atoms with E-state index in [4.69, 9.17) is 5.73 Å². The minimum atomic E-state index is -0.526. The normalized spacial score (nSPS) is 15.4. The third-order valence-electron chi connectivity index (χ3n) is 5.76. The number of anilines is 2. The summed E-state index contributed by atoms with van der Waals surface area (Å²) in [5.41, 5.74) is 6.76. The Labute approximate surface area is 162 Å². The largest absolute Gasteiger partial charge is 0.329 e. The summed E-state index contributed by atoms with van der Waals surface area (Å²) in [5.74, 6) is -0.0233. The fourth-order valence-corrected chi connectivity index (χ4v) is 3.52. The van der Waals surface area contributed by atoms with E-state index in [9.17, 15) is 9.59 Å². The number of piperidine rings is 1. The molecule has 1 saturated heterocycles. The average molecular weight is 375 g/mol. The van der Waals surface area contributed by atoms with Crippen LogP contribution in [-0.4, -0.2) is 42.9 Å². The first-order valence-electron chi connectivity index (χ1n) is 10.2. The summed E-state index contributed by atoms with van der Waals surface area (Å²) >= 11 is 0. The Hall–Kier alpha value is -1.92. The minimum absolute atomic E-state index is 0.0245. The zero-order chi connectivity index (χ0) is 19.7. The summed E-state index contributed by atoms with van der Waals surface area (Å²) in [6.07, 6.45) is 5.68. The molecule has 0 saturated carbocycles. The van der Waals surface area contributed by atoms with Gasteiger partial charge in [-0.2, -0.15) is 0 Å². The van der Waals surface area contributed by atoms with Crippen LogP contribution in [0.3, 0.4) is 0 Å². The highest BCUT2D eigenvalue weighted by molar-refractivity contribution is 5.96. The fraction of sp³-hybridized carbons (Fsp3) is 0.619. The van der Waals surface area contributed by atoms with Crippen LogP contribution in [0.4, 0.5) is 11.4 Å². The number of nitrogens with two attached hydrogens (primary N) is 1. The van der Waals surface area contributed by atoms with Gasteiger partial charge in [-0.15, -0.1) is 0 Å². The molecule has 2 amide bonds. The van der Waals surface area contributed by atoms with Gasteiger partial charge in [-0.3, -0.25) is 9.59 Å². The van der Waals surface area contributed by atoms with Gasteiger partial charge in [0.05, 0.1) is 5.41 Å². The molecule has 1 aromatic carbocycles. The molecule has 0 unspecified atom stereocenters. The number of carbonyl (C=O) groups excluding carboxylic acids is 2. The molecule has 0 aromatic heterocycles. The van der Waals surface area contributed by atoms with Crippen molar-refractivity contribution in [3.8, 4) is 0 Å². The topological polar surface area (TPSA) is 87.5 Å². The van der Waals surface area contributed by atoms with E-state index in [1.165, 1.54) is 19.3 Å². The Bertz CT molecular complexity index is 597. The first-order valence-corrected chi connectivity index (χ1v) is 10.2. The molecule has 0 atom stereocenters. The molecule has 2 rings (SSSR count). The van der Waals surface area contributed by atoms with E-state index in [0.717, 1.165) is 25.3 Å². The van der Waals surface area contributed by atoms with Crippen molar-refractivity contribution in [2.75, 3.05) is 36.8 Å². The number of nitrogens with zero attached hydrogens (tertiary/aromatic N) is 1. The van der Waals surface area contributed by atoms with Gasteiger partial charge in [0.2, 0.25) is 11.8 Å². The van der Waals surface area contributed by atoms with E-state index in [-0.39, 0.29) is 11.8 Å². The zero-order valence-corrected chi connectivity index (χ0v) is 16.7. The van der Waals surface area contributed by atoms with E-state index >= 15 is 0 Å². The van der Waals surface area contributed by atoms with Crippen LogP contribution in [0, 0.1) is 5.41 Å². The monoisotopic (exact) mass is 374 g/mol. The maximum Gasteiger partial charge on any atom is 0.231 e. The van der Waals surface area contributed by atoms with Crippen LogP contribution in [0.2, 0.25) is 0 Å². The van der Waals surface area contributed by atoms with Crippen LogP contribution in [-0.2, 0) is 9.59 Å². The van der Waals surface area contributed by atoms with Crippen molar-refractivity contribution in [1.29, 1.82) is 0 Å². The summed E-state index contributed by atoms with van der Waals surface area (Å²) in [5, 5.41) is 5.87. The second-order valence-corrected chi connectivity index (χ2v) is 7.42. The molecule has 6 heteroatoms. The number of amides is 2. The van der Waals surface area contributed by atoms with Gasteiger partial charge in [-0.05, 0) is 63.0 Å². The van der Waals surface area contributed by atoms with Gasteiger partial charge in [0.25, 0.3) is 0 Å². The zero-order valence-electron chi connectivity index (χ0n) is 16.7. The average Bonchev–Trinajstić information content (AvgIpc) is 2.70. The summed E-state index contributed by atoms with van der Waals surface area (Å²) < 4.78 is 0. The number of carbonyl (C=O) groups is 2. The van der Waals surface area contributed by atoms with Crippen molar-refractivity contribution in [3.63, 3.8) is 0 Å². The van der Waals surface area contributed by atoms with Crippen LogP contribution in [0.25, 0.3) is 0 Å². The maximum absolute atomic E-state index is 12.6. The van der Waals surface area contributed by atoms with Crippen molar-refractivity contribution in [3.05, 3.63) is 24.3 Å². The van der Waals surface area contributed by atoms with E-state index < -0.39 is 5.41 Å². The second-order valence-electron chi connectivity index (χ2n) is 7.42. The smallest absolute Gasteiger partial charge is 0.231 e. The maximum atomic E-state index is 12.6. The third-order valence-corrected chi connectivity index (χ3v) is 5.76. The Morgan fingerprint density at radius 1 is 1.00 bits per heavy atom. The van der Waals surface area contributed by atoms with Crippen LogP contribution >= 0.6 is 0 Å². The highest BCUT2D eigenvalue weighted by Crippen LogP contribution is 2.27. The molecule has 1 fully saturated rings. The van der Waals surface area contributed by atoms with Gasteiger partial charge in [0.15, 0.2) is 0 Å². The first kappa shape index (κ1) is 21.4. The van der Waals surface area contributed by atoms with E-state index in [1.54, 1.807) is 0 Å². The molecule has 27 heavy (non-hydrogen) atoms. The first-order chi connectivity index (χ1) is 13.0. The Morgan fingerprint density at radius 2 is 1.56 bits per heavy atom. The fourth-order valence-electron chi connectivity index (χ4n) is 3.52. The predicted molar refractivity (Wildman–Crippen MR) is 111 cm³/mol. The number of nitrogens with one attached hydrogen (secondary N) is 2. The van der Waals surface area contributed by atoms with Crippen molar-refractivity contribution < 1.29 is 9.59 Å². The third kappa shape index (κ3) is 6.04. The molecule has 1 aliphatic rings. The lowest BCUT2D eigenvalue weighted by atomic mass is 9.81. The second kappa shape index (κ2) is 10.4. The van der Waals surface area contributed by atoms with Gasteiger partial charge in [0.1, 0.15) is 0 Å². The molecule has 4 N–H and O–H groups in total. The van der Waals surface area contributed by atoms with Gasteiger partial charge in [-0.1, -0.05) is 20.3 Å². The molecular weight excluding hydrogens is 340 g/mol. The van der Waals surface area contributed by atoms with Crippen molar-refractivity contribution in [1.82, 2.24) is 4.90 Å². The van der Waals surface area contributed by atoms with Crippen molar-refractivity contribution in [2.24, 2.45) is 11.1 Å². The standard InChI is InChI=1S/C21H34N4O2/c1-3-21(4-2,16-22)20(27)24-18-10-8-17(9-11-18)23-19(26)12-15-25-13-6-5-7-14-25/h8-11H,3-7,12-16,22H2,1-2H3,(H,23,26)(H,24,27). The summed E-state index contributed by atoms with van der Waals surface area (Å²) in [6.45, 7) is 7.31. The van der Waals surface area contributed by atoms with Crippen molar-refractivity contribution in [2.45, 2.75) is 52.4 Å². The molecule has 0 aliphatic carbocycles. The molecule has 0 bridgehead atoms. The number of likely N-dealkylation sites (tertiary alicyclic amines) is 1. The van der Waals surface area contributed by atoms with Gasteiger partial charge < -0.3 is 21.3 Å². The molecule has 150 valence electrons. The molecular formula is C21H34N4O2. The summed E-state index contributed by atoms with van der Waals surface area (Å²) in [4.78, 5) is 27.1. The Morgan fingerprint density at radius 3 is 2.07 bits per heavy atom. The number of benzene rings is 1. The Kier molecular flexibility index (Phi) is 8.25. The van der Waals surface area contributed by atoms with Crippen molar-refractivity contribution >= 4 is 23.2 Å². The van der Waals surface area contributed by atoms with E-state index in [1.807, 2.05) is 38.1 Å². The van der Waals surface area contributed by atoms with Crippen LogP contribution in [0.5, 0.6) is 0 Å². The van der Waals surface area contributed by atoms with E-state index in [2.05, 4.69) is 15.5 Å². The van der Waals surface area contributed by atoms with E-state index in [0.29, 0.717) is 31.5 Å². The molecule has 6 nitrogen and oxygen atoms in total. The molecule has 1 heterocycles. The lowest BCUT2D eigenvalue weighted by Gasteiger charge is -2.28. The quantitative estimate of drug-likeness (QED) is 0.619. The number of hydrogen-bond donors (Lipinski definition) is 3. The molecule has 1 aliphatic heterocycles. The highest BCUT2D eigenvalue weighted by Gasteiger charge is 2.33. The van der Waals surface area contributed by atoms with Gasteiger partial charge in [-0.25, -0.2) is 0 Å². The number of rotatable bonds is 9. The molecule has 0 radical (unpaired) electrons. The summed E-state index contributed by atoms with van der Waals surface area (Å²) in [7, 11) is 0. The van der Waals surface area contributed by atoms with Gasteiger partial charge >= 0.3 is 0 Å². The minimum Gasteiger partial charge on any atom is -0.329 e. The highest BCUT2D eigenvalue weighted by atomic mass is 16.2. The van der Waals surface area contributed by atoms with Gasteiger partial charge in [0, 0.05) is 30.9 Å². The van der Waals surface area contributed by atoms with Crippen LogP contribution < -0.4 is 16.4 Å². The summed E-state index contributed by atoms with van der Waals surface area (Å²) in [6, 6.07) is 7.25. The Balaban J connectivity index is 1.83. The molecule has 1 aromatic rings. The number of hydrogen-bond acceptors (Lipinski definition) is 4. The lowest BCUT2D eigenvalue weighted by Crippen LogP contribution is -2.41. The lowest BCUT2D eigenvalue weighted by molar-refractivity contribution is -0.125. The van der Waals surface area contributed by atoms with Crippen LogP contribution in [0.15, 0.2) is 24.3 Å².